The Labute approximate surface area is 132 Å². The number of ether oxygens (including phenoxy) is 2. The van der Waals surface area contributed by atoms with Crippen LogP contribution in [0.3, 0.4) is 0 Å². The molecule has 5 heteroatoms. The average molecular weight is 309 g/mol. The van der Waals surface area contributed by atoms with Crippen molar-refractivity contribution in [1.29, 1.82) is 0 Å². The lowest BCUT2D eigenvalue weighted by atomic mass is 9.99. The van der Waals surface area contributed by atoms with Crippen LogP contribution in [0.25, 0.3) is 0 Å². The van der Waals surface area contributed by atoms with Gasteiger partial charge in [-0.2, -0.15) is 0 Å². The number of β-lactam (4-membered cyclic amide) rings is 1. The number of carbonyl (C=O) groups excluding carboxylic acids is 2. The molecule has 0 aromatic heterocycles. The number of hydrogen-bond donors (Lipinski definition) is 0. The summed E-state index contributed by atoms with van der Waals surface area (Å²) in [5.74, 6) is -0.171. The smallest absolute Gasteiger partial charge is 0.258 e. The Balaban J connectivity index is 1.75. The van der Waals surface area contributed by atoms with Crippen LogP contribution in [-0.2, 0) is 19.1 Å². The van der Waals surface area contributed by atoms with Gasteiger partial charge in [0.05, 0.1) is 19.3 Å². The van der Waals surface area contributed by atoms with E-state index in [2.05, 4.69) is 6.92 Å². The minimum atomic E-state index is -0.130. The summed E-state index contributed by atoms with van der Waals surface area (Å²) in [6.45, 7) is 6.45. The molecule has 0 saturated carbocycles. The van der Waals surface area contributed by atoms with Gasteiger partial charge in [0.15, 0.2) is 0 Å². The van der Waals surface area contributed by atoms with E-state index < -0.39 is 0 Å². The zero-order valence-corrected chi connectivity index (χ0v) is 13.7. The van der Waals surface area contributed by atoms with Crippen LogP contribution >= 0.6 is 0 Å². The Kier molecular flexibility index (Phi) is 6.58. The molecule has 2 aliphatic heterocycles. The summed E-state index contributed by atoms with van der Waals surface area (Å²) in [6, 6.07) is 0. The van der Waals surface area contributed by atoms with E-state index in [-0.39, 0.29) is 17.9 Å². The molecule has 0 spiro atoms. The van der Waals surface area contributed by atoms with Gasteiger partial charge < -0.3 is 9.47 Å². The molecule has 0 aromatic rings. The van der Waals surface area contributed by atoms with Gasteiger partial charge in [-0.05, 0) is 31.8 Å². The molecule has 124 valence electrons. The second-order valence-electron chi connectivity index (χ2n) is 6.12. The fourth-order valence-corrected chi connectivity index (χ4v) is 2.72. The Bertz CT molecular complexity index is 438. The fourth-order valence-electron chi connectivity index (χ4n) is 2.72. The fraction of sp³-hybridized carbons (Fsp3) is 0.765. The minimum Gasteiger partial charge on any atom is -0.381 e. The summed E-state index contributed by atoms with van der Waals surface area (Å²) in [5, 5.41) is 0. The number of amides is 2. The van der Waals surface area contributed by atoms with E-state index in [9.17, 15) is 9.59 Å². The van der Waals surface area contributed by atoms with Crippen molar-refractivity contribution in [1.82, 2.24) is 4.90 Å². The molecule has 2 heterocycles. The van der Waals surface area contributed by atoms with Crippen molar-refractivity contribution in [2.24, 2.45) is 0 Å². The lowest BCUT2D eigenvalue weighted by Gasteiger charge is -2.33. The molecule has 0 radical (unpaired) electrons. The van der Waals surface area contributed by atoms with Gasteiger partial charge in [-0.25, -0.2) is 0 Å². The molecule has 2 amide bonds. The second kappa shape index (κ2) is 8.44. The van der Waals surface area contributed by atoms with Crippen molar-refractivity contribution in [3.63, 3.8) is 0 Å². The first-order valence-corrected chi connectivity index (χ1v) is 8.36. The van der Waals surface area contributed by atoms with Crippen LogP contribution in [0.15, 0.2) is 11.1 Å². The topological polar surface area (TPSA) is 55.8 Å². The molecule has 0 N–H and O–H groups in total. The molecule has 0 bridgehead atoms. The van der Waals surface area contributed by atoms with Crippen molar-refractivity contribution in [2.45, 2.75) is 58.5 Å². The number of imide groups is 1. The second-order valence-corrected chi connectivity index (χ2v) is 6.12. The van der Waals surface area contributed by atoms with Gasteiger partial charge >= 0.3 is 0 Å². The first-order valence-electron chi connectivity index (χ1n) is 8.36. The molecule has 0 aromatic carbocycles. The van der Waals surface area contributed by atoms with Crippen molar-refractivity contribution in [2.75, 3.05) is 26.4 Å². The maximum absolute atomic E-state index is 12.1. The highest BCUT2D eigenvalue weighted by Crippen LogP contribution is 2.23. The summed E-state index contributed by atoms with van der Waals surface area (Å²) in [5.41, 5.74) is 1.70. The highest BCUT2D eigenvalue weighted by Gasteiger charge is 2.36. The van der Waals surface area contributed by atoms with E-state index in [1.165, 1.54) is 4.90 Å². The molecule has 0 atom stereocenters. The van der Waals surface area contributed by atoms with Gasteiger partial charge in [0.2, 0.25) is 5.91 Å². The maximum atomic E-state index is 12.1. The van der Waals surface area contributed by atoms with Crippen LogP contribution < -0.4 is 0 Å². The predicted octanol–water partition coefficient (Wildman–Crippen LogP) is 2.45. The number of likely N-dealkylation sites (tertiary alicyclic amines) is 1. The van der Waals surface area contributed by atoms with Crippen molar-refractivity contribution >= 4 is 11.8 Å². The molecular formula is C17H27NO4. The Morgan fingerprint density at radius 2 is 2.05 bits per heavy atom. The van der Waals surface area contributed by atoms with E-state index in [1.54, 1.807) is 0 Å². The van der Waals surface area contributed by atoms with Crippen LogP contribution in [-0.4, -0.2) is 49.2 Å². The largest absolute Gasteiger partial charge is 0.381 e. The normalized spacial score (nSPS) is 21.7. The minimum absolute atomic E-state index is 0.0413. The van der Waals surface area contributed by atoms with E-state index in [0.717, 1.165) is 56.5 Å². The summed E-state index contributed by atoms with van der Waals surface area (Å²) in [4.78, 5) is 25.4. The summed E-state index contributed by atoms with van der Waals surface area (Å²) >= 11 is 0. The zero-order chi connectivity index (χ0) is 15.9. The number of rotatable bonds is 7. The third-order valence-electron chi connectivity index (χ3n) is 4.33. The van der Waals surface area contributed by atoms with Gasteiger partial charge in [-0.15, -0.1) is 0 Å². The Hall–Kier alpha value is -1.20. The number of carbonyl (C=O) groups is 2. The number of nitrogens with zero attached hydrogens (tertiary/aromatic N) is 1. The molecule has 2 rings (SSSR count). The quantitative estimate of drug-likeness (QED) is 0.412. The first-order chi connectivity index (χ1) is 10.6. The van der Waals surface area contributed by atoms with Gasteiger partial charge in [-0.1, -0.05) is 19.8 Å². The zero-order valence-electron chi connectivity index (χ0n) is 13.7. The lowest BCUT2D eigenvalue weighted by molar-refractivity contribution is -0.147. The van der Waals surface area contributed by atoms with E-state index >= 15 is 0 Å². The van der Waals surface area contributed by atoms with E-state index in [0.29, 0.717) is 19.6 Å². The number of hydrogen-bond acceptors (Lipinski definition) is 4. The molecule has 0 unspecified atom stereocenters. The molecular weight excluding hydrogens is 282 g/mol. The summed E-state index contributed by atoms with van der Waals surface area (Å²) < 4.78 is 11.1. The van der Waals surface area contributed by atoms with Crippen LogP contribution in [0.4, 0.5) is 0 Å². The van der Waals surface area contributed by atoms with Crippen molar-refractivity contribution in [3.05, 3.63) is 11.1 Å². The van der Waals surface area contributed by atoms with Gasteiger partial charge in [0.25, 0.3) is 5.91 Å². The van der Waals surface area contributed by atoms with E-state index in [4.69, 9.17) is 9.47 Å². The predicted molar refractivity (Wildman–Crippen MR) is 83.4 cm³/mol. The van der Waals surface area contributed by atoms with Crippen molar-refractivity contribution in [3.8, 4) is 0 Å². The molecule has 2 saturated heterocycles. The maximum Gasteiger partial charge on any atom is 0.258 e. The lowest BCUT2D eigenvalue weighted by Crippen LogP contribution is -2.50. The SMILES string of the molecule is CCCCCC(=O)N1C/C(=C(/C)COC2CCOCC2)C1=O. The molecule has 0 aliphatic carbocycles. The third kappa shape index (κ3) is 4.40. The molecule has 2 fully saturated rings. The van der Waals surface area contributed by atoms with Crippen LogP contribution in [0.1, 0.15) is 52.4 Å². The Morgan fingerprint density at radius 1 is 1.32 bits per heavy atom. The van der Waals surface area contributed by atoms with Crippen LogP contribution in [0.2, 0.25) is 0 Å². The van der Waals surface area contributed by atoms with Crippen molar-refractivity contribution < 1.29 is 19.1 Å². The first kappa shape index (κ1) is 17.2. The van der Waals surface area contributed by atoms with E-state index in [1.807, 2.05) is 6.92 Å². The van der Waals surface area contributed by atoms with Gasteiger partial charge in [0.1, 0.15) is 0 Å². The molecule has 22 heavy (non-hydrogen) atoms. The molecule has 2 aliphatic rings. The number of unbranched alkanes of at least 4 members (excludes halogenated alkanes) is 2. The van der Waals surface area contributed by atoms with Crippen LogP contribution in [0.5, 0.6) is 0 Å². The third-order valence-corrected chi connectivity index (χ3v) is 4.33. The Morgan fingerprint density at radius 3 is 2.68 bits per heavy atom. The average Bonchev–Trinajstić information content (AvgIpc) is 2.53. The standard InChI is InChI=1S/C17H27NO4/c1-3-4-5-6-16(19)18-11-15(17(18)20)13(2)12-22-14-7-9-21-10-8-14/h14H,3-12H2,1-2H3/b15-13+. The van der Waals surface area contributed by atoms with Gasteiger partial charge in [0, 0.05) is 25.2 Å². The van der Waals surface area contributed by atoms with Crippen LogP contribution in [0, 0.1) is 0 Å². The monoisotopic (exact) mass is 309 g/mol. The summed E-state index contributed by atoms with van der Waals surface area (Å²) in [7, 11) is 0. The van der Waals surface area contributed by atoms with Gasteiger partial charge in [-0.3, -0.25) is 14.5 Å². The molecule has 5 nitrogen and oxygen atoms in total. The summed E-state index contributed by atoms with van der Waals surface area (Å²) in [6.07, 6.45) is 5.51. The highest BCUT2D eigenvalue weighted by molar-refractivity contribution is 6.11. The highest BCUT2D eigenvalue weighted by atomic mass is 16.5.